The summed E-state index contributed by atoms with van der Waals surface area (Å²) in [5.41, 5.74) is 0.684. The number of aliphatic imine (C=N–C) groups is 1. The van der Waals surface area contributed by atoms with Gasteiger partial charge in [-0.2, -0.15) is 4.99 Å². The van der Waals surface area contributed by atoms with Crippen LogP contribution in [0.15, 0.2) is 27.7 Å². The highest BCUT2D eigenvalue weighted by Crippen LogP contribution is 2.43. The van der Waals surface area contributed by atoms with Gasteiger partial charge in [0.15, 0.2) is 15.0 Å². The predicted octanol–water partition coefficient (Wildman–Crippen LogP) is 3.89. The maximum absolute atomic E-state index is 12.1. The van der Waals surface area contributed by atoms with Crippen LogP contribution >= 0.6 is 39.3 Å². The van der Waals surface area contributed by atoms with Gasteiger partial charge in [-0.3, -0.25) is 4.79 Å². The van der Waals surface area contributed by atoms with E-state index in [2.05, 4.69) is 20.9 Å². The molecule has 1 aromatic rings. The van der Waals surface area contributed by atoms with E-state index in [9.17, 15) is 13.2 Å². The minimum atomic E-state index is -3.09. The van der Waals surface area contributed by atoms with Crippen molar-refractivity contribution in [1.82, 2.24) is 0 Å². The Morgan fingerprint density at radius 2 is 2.20 bits per heavy atom. The second-order valence-corrected chi connectivity index (χ2v) is 10.8. The summed E-state index contributed by atoms with van der Waals surface area (Å²) in [6.07, 6.45) is 2.12. The Labute approximate surface area is 165 Å². The summed E-state index contributed by atoms with van der Waals surface area (Å²) >= 11 is 11.1. The molecule has 2 aliphatic rings. The summed E-state index contributed by atoms with van der Waals surface area (Å²) < 4.78 is 24.9. The number of sulfone groups is 1. The van der Waals surface area contributed by atoms with Crippen molar-refractivity contribution in [2.24, 2.45) is 4.99 Å². The molecular formula is C16H18BrClN2O3S2. The van der Waals surface area contributed by atoms with Gasteiger partial charge in [-0.15, -0.1) is 0 Å². The number of anilines is 1. The first-order chi connectivity index (χ1) is 11.8. The molecule has 0 N–H and O–H groups in total. The number of fused-ring (bicyclic) bond motifs is 1. The van der Waals surface area contributed by atoms with Crippen molar-refractivity contribution in [3.63, 3.8) is 0 Å². The average molecular weight is 466 g/mol. The van der Waals surface area contributed by atoms with Gasteiger partial charge in [0.2, 0.25) is 5.91 Å². The lowest BCUT2D eigenvalue weighted by Crippen LogP contribution is -2.37. The summed E-state index contributed by atoms with van der Waals surface area (Å²) in [7, 11) is -3.09. The molecule has 2 atom stereocenters. The van der Waals surface area contributed by atoms with Crippen LogP contribution in [-0.2, 0) is 14.6 Å². The average Bonchev–Trinajstić information content (AvgIpc) is 2.97. The minimum absolute atomic E-state index is 0.0548. The summed E-state index contributed by atoms with van der Waals surface area (Å²) in [6, 6.07) is 5.19. The van der Waals surface area contributed by atoms with Gasteiger partial charge in [0.1, 0.15) is 0 Å². The van der Waals surface area contributed by atoms with Crippen LogP contribution in [0, 0.1) is 0 Å². The minimum Gasteiger partial charge on any atom is -0.314 e. The van der Waals surface area contributed by atoms with Gasteiger partial charge in [-0.25, -0.2) is 8.42 Å². The fourth-order valence-electron chi connectivity index (χ4n) is 3.01. The molecule has 2 heterocycles. The van der Waals surface area contributed by atoms with E-state index in [-0.39, 0.29) is 28.7 Å². The maximum Gasteiger partial charge on any atom is 0.248 e. The van der Waals surface area contributed by atoms with E-state index >= 15 is 0 Å². The van der Waals surface area contributed by atoms with E-state index < -0.39 is 9.84 Å². The normalized spacial score (nSPS) is 26.2. The summed E-state index contributed by atoms with van der Waals surface area (Å²) in [5.74, 6) is -0.0144. The third-order valence-electron chi connectivity index (χ3n) is 4.20. The lowest BCUT2D eigenvalue weighted by molar-refractivity contribution is -0.117. The van der Waals surface area contributed by atoms with Crippen molar-refractivity contribution in [3.05, 3.63) is 27.7 Å². The van der Waals surface area contributed by atoms with Crippen LogP contribution in [-0.4, -0.2) is 42.3 Å². The third kappa shape index (κ3) is 4.23. The molecule has 0 aliphatic carbocycles. The third-order valence-corrected chi connectivity index (χ3v) is 8.21. The molecular weight excluding hydrogens is 448 g/mol. The molecule has 0 radical (unpaired) electrons. The summed E-state index contributed by atoms with van der Waals surface area (Å²) in [5, 5.41) is 0.922. The Hall–Kier alpha value is -0.570. The molecule has 5 nitrogen and oxygen atoms in total. The van der Waals surface area contributed by atoms with Crippen molar-refractivity contribution < 1.29 is 13.2 Å². The molecule has 1 amide bonds. The SMILES string of the molecule is CCCCC(=O)N=C1S[C@@H]2CS(=O)(=O)C[C@@H]2N1c1ccc(Br)cc1Cl. The van der Waals surface area contributed by atoms with Crippen LogP contribution in [0.25, 0.3) is 0 Å². The first-order valence-corrected chi connectivity index (χ1v) is 11.9. The Morgan fingerprint density at radius 3 is 2.88 bits per heavy atom. The Morgan fingerprint density at radius 1 is 1.44 bits per heavy atom. The van der Waals surface area contributed by atoms with E-state index in [1.54, 1.807) is 6.07 Å². The summed E-state index contributed by atoms with van der Waals surface area (Å²) in [4.78, 5) is 18.2. The molecule has 2 aliphatic heterocycles. The van der Waals surface area contributed by atoms with Crippen LogP contribution < -0.4 is 4.90 Å². The molecule has 2 fully saturated rings. The highest BCUT2D eigenvalue weighted by atomic mass is 79.9. The Kier molecular flexibility index (Phi) is 5.82. The fraction of sp³-hybridized carbons (Fsp3) is 0.500. The Balaban J connectivity index is 1.98. The molecule has 25 heavy (non-hydrogen) atoms. The number of carbonyl (C=O) groups excluding carboxylic acids is 1. The van der Waals surface area contributed by atoms with E-state index in [4.69, 9.17) is 11.6 Å². The highest BCUT2D eigenvalue weighted by molar-refractivity contribution is 9.10. The Bertz CT molecular complexity index is 829. The van der Waals surface area contributed by atoms with Gasteiger partial charge in [-0.05, 0) is 24.6 Å². The first kappa shape index (κ1) is 19.2. The van der Waals surface area contributed by atoms with E-state index in [1.807, 2.05) is 24.0 Å². The molecule has 136 valence electrons. The number of benzene rings is 1. The van der Waals surface area contributed by atoms with E-state index in [0.29, 0.717) is 22.3 Å². The second kappa shape index (κ2) is 7.58. The monoisotopic (exact) mass is 464 g/mol. The molecule has 0 saturated carbocycles. The topological polar surface area (TPSA) is 66.8 Å². The smallest absolute Gasteiger partial charge is 0.248 e. The zero-order valence-electron chi connectivity index (χ0n) is 13.6. The van der Waals surface area contributed by atoms with Crippen LogP contribution in [0.1, 0.15) is 26.2 Å². The molecule has 9 heteroatoms. The van der Waals surface area contributed by atoms with Crippen LogP contribution in [0.4, 0.5) is 5.69 Å². The van der Waals surface area contributed by atoms with Crippen LogP contribution in [0.5, 0.6) is 0 Å². The van der Waals surface area contributed by atoms with E-state index in [1.165, 1.54) is 11.8 Å². The number of halogens is 2. The molecule has 3 rings (SSSR count). The number of hydrogen-bond donors (Lipinski definition) is 0. The van der Waals surface area contributed by atoms with Gasteiger partial charge in [-0.1, -0.05) is 52.6 Å². The first-order valence-electron chi connectivity index (χ1n) is 8.03. The molecule has 2 saturated heterocycles. The van der Waals surface area contributed by atoms with Crippen molar-refractivity contribution in [2.75, 3.05) is 16.4 Å². The number of nitrogens with zero attached hydrogens (tertiary/aromatic N) is 2. The largest absolute Gasteiger partial charge is 0.314 e. The van der Waals surface area contributed by atoms with Gasteiger partial charge < -0.3 is 4.90 Å². The molecule has 0 unspecified atom stereocenters. The molecule has 0 bridgehead atoms. The van der Waals surface area contributed by atoms with Gasteiger partial charge >= 0.3 is 0 Å². The fourth-order valence-corrected chi connectivity index (χ4v) is 7.70. The number of rotatable bonds is 4. The van der Waals surface area contributed by atoms with Gasteiger partial charge in [0.25, 0.3) is 0 Å². The van der Waals surface area contributed by atoms with Crippen molar-refractivity contribution >= 4 is 65.9 Å². The zero-order chi connectivity index (χ0) is 18.2. The highest BCUT2D eigenvalue weighted by Gasteiger charge is 2.49. The van der Waals surface area contributed by atoms with E-state index in [0.717, 1.165) is 17.3 Å². The maximum atomic E-state index is 12.1. The van der Waals surface area contributed by atoms with Gasteiger partial charge in [0, 0.05) is 16.1 Å². The van der Waals surface area contributed by atoms with Crippen molar-refractivity contribution in [1.29, 1.82) is 0 Å². The number of hydrogen-bond acceptors (Lipinski definition) is 4. The number of carbonyl (C=O) groups is 1. The van der Waals surface area contributed by atoms with Crippen LogP contribution in [0.2, 0.25) is 5.02 Å². The van der Waals surface area contributed by atoms with Gasteiger partial charge in [0.05, 0.1) is 28.3 Å². The number of thioether (sulfide) groups is 1. The zero-order valence-corrected chi connectivity index (χ0v) is 17.6. The molecule has 0 spiro atoms. The standard InChI is InChI=1S/C16H18BrClN2O3S2/c1-2-3-4-15(21)19-16-20(12-6-5-10(17)7-11(12)18)13-8-25(22,23)9-14(13)24-16/h5-7,13-14H,2-4,8-9H2,1H3/t13-,14+/m0/s1. The lowest BCUT2D eigenvalue weighted by Gasteiger charge is -2.25. The van der Waals surface area contributed by atoms with Crippen LogP contribution in [0.3, 0.4) is 0 Å². The van der Waals surface area contributed by atoms with Crippen molar-refractivity contribution in [2.45, 2.75) is 37.5 Å². The summed E-state index contributed by atoms with van der Waals surface area (Å²) in [6.45, 7) is 2.02. The number of amidine groups is 1. The van der Waals surface area contributed by atoms with Crippen molar-refractivity contribution in [3.8, 4) is 0 Å². The second-order valence-electron chi connectivity index (χ2n) is 6.16. The number of unbranched alkanes of at least 4 members (excludes halogenated alkanes) is 1. The lowest BCUT2D eigenvalue weighted by atomic mass is 10.2. The molecule has 1 aromatic carbocycles. The number of amides is 1. The molecule has 0 aromatic heterocycles. The predicted molar refractivity (Wildman–Crippen MR) is 107 cm³/mol. The quantitative estimate of drug-likeness (QED) is 0.675.